The number of hydrogen-bond acceptors (Lipinski definition) is 9. The van der Waals surface area contributed by atoms with Gasteiger partial charge in [-0.1, -0.05) is 0 Å². The number of hydrogen-bond donors (Lipinski definition) is 6. The topological polar surface area (TPSA) is 217 Å². The molecule has 1 aromatic heterocycles. The molecule has 0 spiro atoms. The molecule has 1 saturated heterocycles. The molecule has 1 amide bonds. The highest BCUT2D eigenvalue weighted by Gasteiger charge is 2.42. The number of fused-ring (bicyclic) bond motifs is 1. The predicted molar refractivity (Wildman–Crippen MR) is 153 cm³/mol. The van der Waals surface area contributed by atoms with Gasteiger partial charge in [0.25, 0.3) is 5.91 Å². The lowest BCUT2D eigenvalue weighted by molar-refractivity contribution is -0.124. The van der Waals surface area contributed by atoms with Gasteiger partial charge in [0.15, 0.2) is 23.6 Å². The van der Waals surface area contributed by atoms with Gasteiger partial charge in [-0.2, -0.15) is 0 Å². The summed E-state index contributed by atoms with van der Waals surface area (Å²) in [7, 11) is -8.78. The minimum Gasteiger partial charge on any atom is -0.492 e. The van der Waals surface area contributed by atoms with E-state index in [9.17, 15) is 23.5 Å². The van der Waals surface area contributed by atoms with E-state index in [0.29, 0.717) is 25.2 Å². The average molecular weight is 649 g/mol. The third kappa shape index (κ3) is 7.63. The zero-order chi connectivity index (χ0) is 31.7. The quantitative estimate of drug-likeness (QED) is 0.108. The van der Waals surface area contributed by atoms with Crippen molar-refractivity contribution < 1.29 is 52.2 Å². The number of amides is 1. The van der Waals surface area contributed by atoms with E-state index in [1.165, 1.54) is 13.3 Å². The van der Waals surface area contributed by atoms with Crippen LogP contribution in [0.5, 0.6) is 5.75 Å². The molecule has 2 fully saturated rings. The highest BCUT2D eigenvalue weighted by Crippen LogP contribution is 2.61. The zero-order valence-electron chi connectivity index (χ0n) is 23.6. The van der Waals surface area contributed by atoms with Crippen LogP contribution >= 0.6 is 15.2 Å². The summed E-state index contributed by atoms with van der Waals surface area (Å²) in [6.07, 6.45) is 2.11. The monoisotopic (exact) mass is 648 g/mol. The van der Waals surface area contributed by atoms with Gasteiger partial charge in [0, 0.05) is 44.5 Å². The smallest absolute Gasteiger partial charge is 0.344 e. The number of nitrogens with one attached hydrogen (secondary N) is 2. The molecule has 15 nitrogen and oxygen atoms in total. The summed E-state index contributed by atoms with van der Waals surface area (Å²) in [5, 5.41) is 3.34. The fraction of sp³-hybridized carbons (Fsp3) is 0.560. The Labute approximate surface area is 245 Å². The van der Waals surface area contributed by atoms with Crippen molar-refractivity contribution in [3.05, 3.63) is 33.9 Å². The van der Waals surface area contributed by atoms with Crippen molar-refractivity contribution in [1.29, 1.82) is 0 Å². The Morgan fingerprint density at radius 1 is 1.21 bits per heavy atom. The van der Waals surface area contributed by atoms with Crippen molar-refractivity contribution in [2.24, 2.45) is 0 Å². The maximum atomic E-state index is 15.6. The van der Waals surface area contributed by atoms with Crippen LogP contribution in [0.25, 0.3) is 10.9 Å². The van der Waals surface area contributed by atoms with Crippen molar-refractivity contribution in [3.63, 3.8) is 0 Å². The molecule has 0 bridgehead atoms. The first-order valence-electron chi connectivity index (χ1n) is 13.6. The highest BCUT2D eigenvalue weighted by molar-refractivity contribution is 7.70. The molecule has 1 aliphatic heterocycles. The van der Waals surface area contributed by atoms with Crippen molar-refractivity contribution in [1.82, 2.24) is 15.2 Å². The van der Waals surface area contributed by atoms with Crippen molar-refractivity contribution in [3.8, 4) is 5.75 Å². The van der Waals surface area contributed by atoms with Crippen LogP contribution in [0.15, 0.2) is 17.1 Å². The third-order valence-corrected chi connectivity index (χ3v) is 11.2. The van der Waals surface area contributed by atoms with E-state index in [2.05, 4.69) is 10.6 Å². The molecule has 1 aliphatic carbocycles. The predicted octanol–water partition coefficient (Wildman–Crippen LogP) is 1.02. The molecule has 0 radical (unpaired) electrons. The molecule has 2 aromatic rings. The van der Waals surface area contributed by atoms with Gasteiger partial charge < -0.3 is 49.1 Å². The van der Waals surface area contributed by atoms with E-state index in [1.807, 2.05) is 11.8 Å². The second-order valence-electron chi connectivity index (χ2n) is 10.7. The normalized spacial score (nSPS) is 17.8. The van der Waals surface area contributed by atoms with E-state index in [1.54, 1.807) is 4.57 Å². The molecule has 4 rings (SSSR count). The summed E-state index contributed by atoms with van der Waals surface area (Å²) in [6.45, 7) is 2.63. The number of aromatic nitrogens is 1. The molecule has 1 aromatic carbocycles. The first kappa shape index (κ1) is 33.1. The standard InChI is InChI=1S/C25H35FN4O11P2/c1-14-11-29(9-8-27-14)22-18(26)10-16-21(24(22)40-2)30(15-5-6-15)12-17(23(16)32)25(33)41-13-19(31)28-7-3-4-20(42(34,35)36)43(37,38)39/h10,12,14-15,20,27H,3-9,11,13H2,1-2H3,(H,28,31)(H2,34,35,36)(H2,37,38,39). The maximum absolute atomic E-state index is 15.6. The summed E-state index contributed by atoms with van der Waals surface area (Å²) < 4.78 is 50.7. The van der Waals surface area contributed by atoms with Crippen LogP contribution in [-0.4, -0.2) is 87.4 Å². The number of piperazine rings is 1. The van der Waals surface area contributed by atoms with Gasteiger partial charge >= 0.3 is 21.2 Å². The Morgan fingerprint density at radius 3 is 2.47 bits per heavy atom. The van der Waals surface area contributed by atoms with Crippen LogP contribution in [0.4, 0.5) is 10.1 Å². The molecular weight excluding hydrogens is 613 g/mol. The van der Waals surface area contributed by atoms with Gasteiger partial charge in [0.2, 0.25) is 5.43 Å². The lowest BCUT2D eigenvalue weighted by atomic mass is 10.1. The SMILES string of the molecule is COc1c(N2CCNC(C)C2)c(F)cc2c(=O)c(C(=O)OCC(=O)NCCCC(P(=O)(O)O)P(=O)(O)O)cn(C3CC3)c12. The number of pyridine rings is 1. The molecule has 6 N–H and O–H groups in total. The van der Waals surface area contributed by atoms with Crippen LogP contribution in [0.2, 0.25) is 0 Å². The van der Waals surface area contributed by atoms with Crippen LogP contribution in [0.3, 0.4) is 0 Å². The fourth-order valence-electron chi connectivity index (χ4n) is 5.16. The van der Waals surface area contributed by atoms with E-state index in [-0.39, 0.29) is 41.9 Å². The van der Waals surface area contributed by atoms with Crippen LogP contribution < -0.4 is 25.7 Å². The molecule has 43 heavy (non-hydrogen) atoms. The number of anilines is 1. The Bertz CT molecular complexity index is 1530. The molecule has 18 heteroatoms. The molecule has 2 aliphatic rings. The molecule has 238 valence electrons. The summed E-state index contributed by atoms with van der Waals surface area (Å²) in [4.78, 5) is 77.0. The van der Waals surface area contributed by atoms with Gasteiger partial charge in [0.05, 0.1) is 18.0 Å². The van der Waals surface area contributed by atoms with Gasteiger partial charge in [-0.3, -0.25) is 18.7 Å². The number of ether oxygens (including phenoxy) is 2. The molecule has 1 unspecified atom stereocenters. The Morgan fingerprint density at radius 2 is 1.88 bits per heavy atom. The van der Waals surface area contributed by atoms with Crippen LogP contribution in [-0.2, 0) is 18.7 Å². The van der Waals surface area contributed by atoms with E-state index in [4.69, 9.17) is 29.0 Å². The second-order valence-corrected chi connectivity index (χ2v) is 14.7. The first-order valence-corrected chi connectivity index (χ1v) is 17.0. The largest absolute Gasteiger partial charge is 0.492 e. The summed E-state index contributed by atoms with van der Waals surface area (Å²) in [5.41, 5.74) is -0.605. The van der Waals surface area contributed by atoms with Crippen molar-refractivity contribution in [2.75, 3.05) is 44.8 Å². The lowest BCUT2D eigenvalue weighted by Crippen LogP contribution is -2.49. The zero-order valence-corrected chi connectivity index (χ0v) is 25.4. The van der Waals surface area contributed by atoms with E-state index < -0.39 is 62.3 Å². The Kier molecular flexibility index (Phi) is 10.0. The molecule has 2 heterocycles. The molecule has 1 saturated carbocycles. The summed E-state index contributed by atoms with van der Waals surface area (Å²) >= 11 is 0. The third-order valence-electron chi connectivity index (χ3n) is 7.32. The number of carbonyl (C=O) groups is 2. The number of benzene rings is 1. The number of nitrogens with zero attached hydrogens (tertiary/aromatic N) is 2. The summed E-state index contributed by atoms with van der Waals surface area (Å²) in [5.74, 6) is -2.42. The Hall–Kier alpha value is -2.84. The van der Waals surface area contributed by atoms with Gasteiger partial charge in [-0.05, 0) is 38.7 Å². The fourth-order valence-corrected chi connectivity index (χ4v) is 7.76. The van der Waals surface area contributed by atoms with Crippen molar-refractivity contribution in [2.45, 2.75) is 50.1 Å². The van der Waals surface area contributed by atoms with E-state index in [0.717, 1.165) is 18.9 Å². The van der Waals surface area contributed by atoms with Crippen LogP contribution in [0, 0.1) is 5.82 Å². The highest BCUT2D eigenvalue weighted by atomic mass is 31.2. The van der Waals surface area contributed by atoms with Gasteiger partial charge in [-0.25, -0.2) is 9.18 Å². The Balaban J connectivity index is 1.50. The number of esters is 1. The number of methoxy groups -OCH3 is 1. The number of halogens is 1. The molecular formula is C25H35FN4O11P2. The number of carbonyl (C=O) groups excluding carboxylic acids is 2. The van der Waals surface area contributed by atoms with E-state index >= 15 is 4.39 Å². The number of rotatable bonds is 12. The maximum Gasteiger partial charge on any atom is 0.344 e. The molecule has 1 atom stereocenters. The lowest BCUT2D eigenvalue weighted by Gasteiger charge is -2.35. The summed E-state index contributed by atoms with van der Waals surface area (Å²) in [6, 6.07) is 1.13. The average Bonchev–Trinajstić information content (AvgIpc) is 3.75. The minimum absolute atomic E-state index is 0.0581. The minimum atomic E-state index is -5.08. The second kappa shape index (κ2) is 13.0. The van der Waals surface area contributed by atoms with Crippen molar-refractivity contribution >= 4 is 43.7 Å². The first-order chi connectivity index (χ1) is 20.1. The van der Waals surface area contributed by atoms with Gasteiger partial charge in [-0.15, -0.1) is 0 Å². The van der Waals surface area contributed by atoms with Crippen LogP contribution in [0.1, 0.15) is 49.0 Å². The van der Waals surface area contributed by atoms with Gasteiger partial charge in [0.1, 0.15) is 11.3 Å².